The number of carbonyl (C=O) groups excluding carboxylic acids is 1. The van der Waals surface area contributed by atoms with Crippen LogP contribution in [-0.4, -0.2) is 38.9 Å². The number of benzene rings is 1. The highest BCUT2D eigenvalue weighted by molar-refractivity contribution is 5.89. The van der Waals surface area contributed by atoms with E-state index in [1.807, 2.05) is 19.2 Å². The van der Waals surface area contributed by atoms with E-state index >= 15 is 0 Å². The number of hydrogen-bond donors (Lipinski definition) is 3. The van der Waals surface area contributed by atoms with Gasteiger partial charge in [-0.25, -0.2) is 23.8 Å². The van der Waals surface area contributed by atoms with Gasteiger partial charge < -0.3 is 16.0 Å². The highest BCUT2D eigenvalue weighted by Gasteiger charge is 2.04. The molecule has 2 heterocycles. The predicted molar refractivity (Wildman–Crippen MR) is 95.8 cm³/mol. The predicted octanol–water partition coefficient (Wildman–Crippen LogP) is 2.34. The largest absolute Gasteiger partial charge is 0.368 e. The number of halogens is 1. The average Bonchev–Trinajstić information content (AvgIpc) is 3.06. The number of nitrogens with zero attached hydrogens (tertiary/aromatic N) is 4. The third-order valence-electron chi connectivity index (χ3n) is 3.41. The third kappa shape index (κ3) is 4.76. The van der Waals surface area contributed by atoms with E-state index in [-0.39, 0.29) is 0 Å². The summed E-state index contributed by atoms with van der Waals surface area (Å²) in [6, 6.07) is 8.94. The molecule has 1 aromatic carbocycles. The average molecular weight is 355 g/mol. The Morgan fingerprint density at radius 1 is 1.19 bits per heavy atom. The lowest BCUT2D eigenvalue weighted by Crippen LogP contribution is -2.32. The van der Waals surface area contributed by atoms with E-state index in [0.29, 0.717) is 30.4 Å². The summed E-state index contributed by atoms with van der Waals surface area (Å²) >= 11 is 0. The Hall–Kier alpha value is -3.49. The topological polar surface area (TPSA) is 96.8 Å². The first-order valence-electron chi connectivity index (χ1n) is 7.99. The van der Waals surface area contributed by atoms with Gasteiger partial charge >= 0.3 is 6.03 Å². The number of amides is 2. The van der Waals surface area contributed by atoms with Crippen LogP contribution in [0.3, 0.4) is 0 Å². The fourth-order valence-corrected chi connectivity index (χ4v) is 2.22. The van der Waals surface area contributed by atoms with Gasteiger partial charge in [-0.1, -0.05) is 6.07 Å². The molecule has 2 aromatic heterocycles. The minimum atomic E-state index is -0.409. The smallest absolute Gasteiger partial charge is 0.319 e. The van der Waals surface area contributed by atoms with Crippen LogP contribution in [0.2, 0.25) is 0 Å². The standard InChI is InChI=1S/C17H18FN7O/c1-12-5-8-25(24-12)16-10-15(21-11-22-16)19-6-7-20-17(26)23-14-4-2-3-13(18)9-14/h2-5,8-11H,6-7H2,1H3,(H,19,21,22)(H2,20,23,26). The van der Waals surface area contributed by atoms with Crippen LogP contribution in [0, 0.1) is 12.7 Å². The zero-order valence-electron chi connectivity index (χ0n) is 14.1. The van der Waals surface area contributed by atoms with Crippen LogP contribution in [0.5, 0.6) is 0 Å². The zero-order valence-corrected chi connectivity index (χ0v) is 14.1. The van der Waals surface area contributed by atoms with Crippen molar-refractivity contribution in [2.24, 2.45) is 0 Å². The van der Waals surface area contributed by atoms with Gasteiger partial charge in [0.1, 0.15) is 18.0 Å². The number of anilines is 2. The molecule has 0 atom stereocenters. The second-order valence-corrected chi connectivity index (χ2v) is 5.48. The molecule has 3 aromatic rings. The molecule has 0 saturated carbocycles. The van der Waals surface area contributed by atoms with E-state index in [1.54, 1.807) is 16.8 Å². The summed E-state index contributed by atoms with van der Waals surface area (Å²) < 4.78 is 14.7. The number of hydrogen-bond acceptors (Lipinski definition) is 5. The van der Waals surface area contributed by atoms with E-state index in [1.165, 1.54) is 24.5 Å². The van der Waals surface area contributed by atoms with Crippen LogP contribution >= 0.6 is 0 Å². The van der Waals surface area contributed by atoms with Crippen molar-refractivity contribution in [3.63, 3.8) is 0 Å². The number of rotatable bonds is 6. The first-order chi connectivity index (χ1) is 12.6. The molecule has 26 heavy (non-hydrogen) atoms. The van der Waals surface area contributed by atoms with E-state index in [0.717, 1.165) is 5.69 Å². The summed E-state index contributed by atoms with van der Waals surface area (Å²) in [6.07, 6.45) is 3.26. The summed E-state index contributed by atoms with van der Waals surface area (Å²) in [4.78, 5) is 20.1. The van der Waals surface area contributed by atoms with Crippen LogP contribution in [-0.2, 0) is 0 Å². The van der Waals surface area contributed by atoms with Crippen molar-refractivity contribution in [2.75, 3.05) is 23.7 Å². The van der Waals surface area contributed by atoms with Crippen molar-refractivity contribution in [3.05, 3.63) is 60.4 Å². The fraction of sp³-hybridized carbons (Fsp3) is 0.176. The second kappa shape index (κ2) is 8.06. The number of urea groups is 1. The van der Waals surface area contributed by atoms with Crippen LogP contribution in [0.25, 0.3) is 5.82 Å². The van der Waals surface area contributed by atoms with Gasteiger partial charge in [-0.3, -0.25) is 0 Å². The first kappa shape index (κ1) is 17.3. The van der Waals surface area contributed by atoms with Gasteiger partial charge in [-0.15, -0.1) is 0 Å². The second-order valence-electron chi connectivity index (χ2n) is 5.48. The molecule has 0 fully saturated rings. The quantitative estimate of drug-likeness (QED) is 0.590. The SMILES string of the molecule is Cc1ccn(-c2cc(NCCNC(=O)Nc3cccc(F)c3)ncn2)n1. The molecule has 0 aliphatic rings. The Balaban J connectivity index is 1.45. The van der Waals surface area contributed by atoms with Gasteiger partial charge in [0.15, 0.2) is 5.82 Å². The lowest BCUT2D eigenvalue weighted by molar-refractivity contribution is 0.252. The number of nitrogens with one attached hydrogen (secondary N) is 3. The van der Waals surface area contributed by atoms with Crippen LogP contribution in [0.1, 0.15) is 5.69 Å². The molecular formula is C17H18FN7O. The van der Waals surface area contributed by atoms with Crippen LogP contribution < -0.4 is 16.0 Å². The molecule has 2 amide bonds. The minimum Gasteiger partial charge on any atom is -0.368 e. The molecule has 9 heteroatoms. The molecule has 8 nitrogen and oxygen atoms in total. The van der Waals surface area contributed by atoms with Gasteiger partial charge in [0.05, 0.1) is 5.69 Å². The van der Waals surface area contributed by atoms with Crippen molar-refractivity contribution in [1.82, 2.24) is 25.1 Å². The summed E-state index contributed by atoms with van der Waals surface area (Å²) in [5, 5.41) is 12.6. The van der Waals surface area contributed by atoms with E-state index in [2.05, 4.69) is 31.0 Å². The summed E-state index contributed by atoms with van der Waals surface area (Å²) in [5.41, 5.74) is 1.29. The van der Waals surface area contributed by atoms with Gasteiger partial charge in [-0.05, 0) is 31.2 Å². The van der Waals surface area contributed by atoms with Crippen molar-refractivity contribution >= 4 is 17.5 Å². The molecule has 0 aliphatic heterocycles. The van der Waals surface area contributed by atoms with Gasteiger partial charge in [0, 0.05) is 31.0 Å². The molecular weight excluding hydrogens is 337 g/mol. The van der Waals surface area contributed by atoms with E-state index in [4.69, 9.17) is 0 Å². The molecule has 134 valence electrons. The normalized spacial score (nSPS) is 10.4. The zero-order chi connectivity index (χ0) is 18.4. The van der Waals surface area contributed by atoms with Crippen LogP contribution in [0.15, 0.2) is 48.9 Å². The Labute approximate surface area is 149 Å². The number of aryl methyl sites for hydroxylation is 1. The maximum absolute atomic E-state index is 13.1. The Morgan fingerprint density at radius 2 is 2.08 bits per heavy atom. The first-order valence-corrected chi connectivity index (χ1v) is 7.99. The molecule has 0 unspecified atom stereocenters. The monoisotopic (exact) mass is 355 g/mol. The minimum absolute atomic E-state index is 0.362. The highest BCUT2D eigenvalue weighted by Crippen LogP contribution is 2.09. The van der Waals surface area contributed by atoms with Gasteiger partial charge in [0.25, 0.3) is 0 Å². The van der Waals surface area contributed by atoms with Crippen molar-refractivity contribution in [1.29, 1.82) is 0 Å². The lowest BCUT2D eigenvalue weighted by atomic mass is 10.3. The summed E-state index contributed by atoms with van der Waals surface area (Å²) in [5.74, 6) is 0.860. The molecule has 3 rings (SSSR count). The van der Waals surface area contributed by atoms with E-state index in [9.17, 15) is 9.18 Å². The summed E-state index contributed by atoms with van der Waals surface area (Å²) in [6.45, 7) is 2.73. The molecule has 0 saturated heterocycles. The van der Waals surface area contributed by atoms with Gasteiger partial charge in [0.2, 0.25) is 0 Å². The highest BCUT2D eigenvalue weighted by atomic mass is 19.1. The van der Waals surface area contributed by atoms with E-state index < -0.39 is 11.8 Å². The lowest BCUT2D eigenvalue weighted by Gasteiger charge is -2.09. The van der Waals surface area contributed by atoms with Gasteiger partial charge in [-0.2, -0.15) is 5.10 Å². The number of carbonyl (C=O) groups is 1. The Kier molecular flexibility index (Phi) is 5.37. The third-order valence-corrected chi connectivity index (χ3v) is 3.41. The fourth-order valence-electron chi connectivity index (χ4n) is 2.22. The van der Waals surface area contributed by atoms with Crippen molar-refractivity contribution in [2.45, 2.75) is 6.92 Å². The maximum atomic E-state index is 13.1. The molecule has 0 aliphatic carbocycles. The Bertz CT molecular complexity index is 896. The number of aromatic nitrogens is 4. The molecule has 0 radical (unpaired) electrons. The molecule has 3 N–H and O–H groups in total. The summed E-state index contributed by atoms with van der Waals surface area (Å²) in [7, 11) is 0. The molecule has 0 spiro atoms. The Morgan fingerprint density at radius 3 is 2.85 bits per heavy atom. The molecule has 0 bridgehead atoms. The maximum Gasteiger partial charge on any atom is 0.319 e. The van der Waals surface area contributed by atoms with Crippen molar-refractivity contribution in [3.8, 4) is 5.82 Å². The van der Waals surface area contributed by atoms with Crippen LogP contribution in [0.4, 0.5) is 20.7 Å². The van der Waals surface area contributed by atoms with Crippen molar-refractivity contribution < 1.29 is 9.18 Å².